The van der Waals surface area contributed by atoms with Crippen molar-refractivity contribution in [3.63, 3.8) is 0 Å². The SMILES string of the molecule is O=C(c1cccc(Cl)c1)c1ccc(Br)cc1C(F)(F)F. The summed E-state index contributed by atoms with van der Waals surface area (Å²) in [5.74, 6) is -0.715. The summed E-state index contributed by atoms with van der Waals surface area (Å²) >= 11 is 8.72. The van der Waals surface area contributed by atoms with Crippen LogP contribution in [-0.2, 0) is 6.18 Å². The van der Waals surface area contributed by atoms with Crippen molar-refractivity contribution in [3.05, 3.63) is 68.7 Å². The summed E-state index contributed by atoms with van der Waals surface area (Å²) in [6.45, 7) is 0. The Morgan fingerprint density at radius 1 is 1.10 bits per heavy atom. The van der Waals surface area contributed by atoms with Gasteiger partial charge in [0.1, 0.15) is 0 Å². The van der Waals surface area contributed by atoms with Crippen molar-refractivity contribution in [3.8, 4) is 0 Å². The first-order chi connectivity index (χ1) is 9.29. The molecule has 0 saturated heterocycles. The maximum atomic E-state index is 13.0. The summed E-state index contributed by atoms with van der Waals surface area (Å²) in [7, 11) is 0. The van der Waals surface area contributed by atoms with Crippen molar-refractivity contribution < 1.29 is 18.0 Å². The summed E-state index contributed by atoms with van der Waals surface area (Å²) in [5, 5.41) is 0.293. The Balaban J connectivity index is 2.55. The first-order valence-electron chi connectivity index (χ1n) is 5.46. The predicted molar refractivity (Wildman–Crippen MR) is 74.0 cm³/mol. The molecule has 0 amide bonds. The summed E-state index contributed by atoms with van der Waals surface area (Å²) in [4.78, 5) is 12.2. The number of carbonyl (C=O) groups is 1. The average Bonchev–Trinajstić information content (AvgIpc) is 2.37. The molecule has 0 aliphatic rings. The lowest BCUT2D eigenvalue weighted by molar-refractivity contribution is -0.137. The molecular formula is C14H7BrClF3O. The fourth-order valence-electron chi connectivity index (χ4n) is 1.73. The van der Waals surface area contributed by atoms with Crippen molar-refractivity contribution in [2.24, 2.45) is 0 Å². The molecule has 2 rings (SSSR count). The van der Waals surface area contributed by atoms with Gasteiger partial charge in [0.25, 0.3) is 0 Å². The molecule has 0 unspecified atom stereocenters. The highest BCUT2D eigenvalue weighted by atomic mass is 79.9. The molecule has 0 atom stereocenters. The molecule has 1 nitrogen and oxygen atoms in total. The van der Waals surface area contributed by atoms with Crippen molar-refractivity contribution >= 4 is 33.3 Å². The molecule has 0 spiro atoms. The van der Waals surface area contributed by atoms with Gasteiger partial charge in [-0.05, 0) is 30.3 Å². The number of hydrogen-bond acceptors (Lipinski definition) is 1. The van der Waals surface area contributed by atoms with E-state index >= 15 is 0 Å². The smallest absolute Gasteiger partial charge is 0.289 e. The minimum absolute atomic E-state index is 0.116. The van der Waals surface area contributed by atoms with E-state index in [1.54, 1.807) is 6.07 Å². The second-order valence-corrected chi connectivity index (χ2v) is 5.38. The molecule has 0 aliphatic heterocycles. The molecule has 0 saturated carbocycles. The van der Waals surface area contributed by atoms with Crippen LogP contribution in [0.25, 0.3) is 0 Å². The first kappa shape index (κ1) is 15.1. The van der Waals surface area contributed by atoms with Crippen molar-refractivity contribution in [1.82, 2.24) is 0 Å². The van der Waals surface area contributed by atoms with Gasteiger partial charge in [0.2, 0.25) is 0 Å². The van der Waals surface area contributed by atoms with Crippen molar-refractivity contribution in [1.29, 1.82) is 0 Å². The maximum Gasteiger partial charge on any atom is 0.417 e. The normalized spacial score (nSPS) is 11.4. The number of rotatable bonds is 2. The number of halogens is 5. The van der Waals surface area contributed by atoms with Gasteiger partial charge in [-0.1, -0.05) is 39.7 Å². The minimum atomic E-state index is -4.60. The van der Waals surface area contributed by atoms with Gasteiger partial charge < -0.3 is 0 Å². The predicted octanol–water partition coefficient (Wildman–Crippen LogP) is 5.35. The van der Waals surface area contributed by atoms with Crippen LogP contribution in [0.3, 0.4) is 0 Å². The van der Waals surface area contributed by atoms with E-state index < -0.39 is 23.1 Å². The molecule has 0 N–H and O–H groups in total. The summed E-state index contributed by atoms with van der Waals surface area (Å²) < 4.78 is 39.2. The monoisotopic (exact) mass is 362 g/mol. The summed E-state index contributed by atoms with van der Waals surface area (Å²) in [6, 6.07) is 9.26. The van der Waals surface area contributed by atoms with Crippen LogP contribution in [0.4, 0.5) is 13.2 Å². The van der Waals surface area contributed by atoms with Crippen LogP contribution < -0.4 is 0 Å². The second-order valence-electron chi connectivity index (χ2n) is 4.03. The molecule has 2 aromatic rings. The molecule has 0 aliphatic carbocycles. The van der Waals surface area contributed by atoms with Gasteiger partial charge in [0, 0.05) is 20.6 Å². The molecule has 0 aromatic heterocycles. The van der Waals surface area contributed by atoms with Crippen LogP contribution in [0.2, 0.25) is 5.02 Å². The molecule has 0 radical (unpaired) electrons. The van der Waals surface area contributed by atoms with Crippen LogP contribution in [0.15, 0.2) is 46.9 Å². The Bertz CT molecular complexity index is 668. The maximum absolute atomic E-state index is 13.0. The van der Waals surface area contributed by atoms with Crippen LogP contribution in [0, 0.1) is 0 Å². The molecule has 20 heavy (non-hydrogen) atoms. The van der Waals surface area contributed by atoms with Crippen LogP contribution in [0.5, 0.6) is 0 Å². The van der Waals surface area contributed by atoms with Crippen molar-refractivity contribution in [2.45, 2.75) is 6.18 Å². The Morgan fingerprint density at radius 2 is 1.80 bits per heavy atom. The molecule has 0 fully saturated rings. The van der Waals surface area contributed by atoms with E-state index in [2.05, 4.69) is 15.9 Å². The van der Waals surface area contributed by atoms with Crippen molar-refractivity contribution in [2.75, 3.05) is 0 Å². The molecule has 6 heteroatoms. The number of benzene rings is 2. The number of alkyl halides is 3. The Labute approximate surface area is 126 Å². The van der Waals surface area contributed by atoms with Crippen LogP contribution in [-0.4, -0.2) is 5.78 Å². The lowest BCUT2D eigenvalue weighted by Crippen LogP contribution is -2.13. The van der Waals surface area contributed by atoms with E-state index in [1.807, 2.05) is 0 Å². The third-order valence-corrected chi connectivity index (χ3v) is 3.35. The van der Waals surface area contributed by atoms with E-state index in [4.69, 9.17) is 11.6 Å². The van der Waals surface area contributed by atoms with E-state index in [0.717, 1.165) is 12.1 Å². The number of carbonyl (C=O) groups excluding carboxylic acids is 1. The molecular weight excluding hydrogens is 357 g/mol. The van der Waals surface area contributed by atoms with Gasteiger partial charge in [-0.15, -0.1) is 0 Å². The minimum Gasteiger partial charge on any atom is -0.289 e. The van der Waals surface area contributed by atoms with E-state index in [9.17, 15) is 18.0 Å². The quantitative estimate of drug-likeness (QED) is 0.657. The zero-order valence-electron chi connectivity index (χ0n) is 9.84. The highest BCUT2D eigenvalue weighted by molar-refractivity contribution is 9.10. The molecule has 0 heterocycles. The first-order valence-corrected chi connectivity index (χ1v) is 6.63. The second kappa shape index (κ2) is 5.58. The zero-order valence-corrected chi connectivity index (χ0v) is 12.2. The Hall–Kier alpha value is -1.33. The zero-order chi connectivity index (χ0) is 14.9. The third-order valence-electron chi connectivity index (χ3n) is 2.62. The van der Waals surface area contributed by atoms with Gasteiger partial charge in [-0.2, -0.15) is 13.2 Å². The highest BCUT2D eigenvalue weighted by Crippen LogP contribution is 2.35. The highest BCUT2D eigenvalue weighted by Gasteiger charge is 2.35. The summed E-state index contributed by atoms with van der Waals surface area (Å²) in [5.41, 5.74) is -1.26. The van der Waals surface area contributed by atoms with Gasteiger partial charge in [0.15, 0.2) is 5.78 Å². The lowest BCUT2D eigenvalue weighted by atomic mass is 9.98. The van der Waals surface area contributed by atoms with Gasteiger partial charge >= 0.3 is 6.18 Å². The van der Waals surface area contributed by atoms with Gasteiger partial charge in [0.05, 0.1) is 5.56 Å². The summed E-state index contributed by atoms with van der Waals surface area (Å²) in [6.07, 6.45) is -4.60. The number of ketones is 1. The van der Waals surface area contributed by atoms with E-state index in [1.165, 1.54) is 24.3 Å². The standard InChI is InChI=1S/C14H7BrClF3O/c15-9-4-5-11(12(7-9)14(17,18)19)13(20)8-2-1-3-10(16)6-8/h1-7H. The van der Waals surface area contributed by atoms with Gasteiger partial charge in [-0.25, -0.2) is 0 Å². The van der Waals surface area contributed by atoms with E-state index in [0.29, 0.717) is 5.02 Å². The fourth-order valence-corrected chi connectivity index (χ4v) is 2.29. The Morgan fingerprint density at radius 3 is 2.40 bits per heavy atom. The molecule has 0 bridgehead atoms. The fraction of sp³-hybridized carbons (Fsp3) is 0.0714. The Kier molecular flexibility index (Phi) is 4.20. The molecule has 104 valence electrons. The third kappa shape index (κ3) is 3.22. The van der Waals surface area contributed by atoms with Gasteiger partial charge in [-0.3, -0.25) is 4.79 Å². The topological polar surface area (TPSA) is 17.1 Å². The molecule has 2 aromatic carbocycles. The van der Waals surface area contributed by atoms with Crippen LogP contribution >= 0.6 is 27.5 Å². The largest absolute Gasteiger partial charge is 0.417 e. The lowest BCUT2D eigenvalue weighted by Gasteiger charge is -2.12. The van der Waals surface area contributed by atoms with Crippen LogP contribution in [0.1, 0.15) is 21.5 Å². The van der Waals surface area contributed by atoms with E-state index in [-0.39, 0.29) is 10.0 Å². The average molecular weight is 364 g/mol. The number of hydrogen-bond donors (Lipinski definition) is 0.